The number of aliphatic hydroxyl groups is 4. The number of Topliss-reactive ketones (excluding diaryl/α,β-unsaturated/α-hetero) is 1. The molecule has 0 aromatic heterocycles. The molecule has 0 bridgehead atoms. The number of ketones is 1. The van der Waals surface area contributed by atoms with Crippen LogP contribution in [0.15, 0.2) is 23.5 Å². The molecule has 4 aliphatic carbocycles. The van der Waals surface area contributed by atoms with E-state index < -0.39 is 177 Å². The molecule has 10 fully saturated rings. The van der Waals surface area contributed by atoms with Gasteiger partial charge in [-0.25, -0.2) is 4.89 Å². The van der Waals surface area contributed by atoms with Crippen LogP contribution in [-0.2, 0) is 109 Å². The van der Waals surface area contributed by atoms with Crippen molar-refractivity contribution in [2.24, 2.45) is 28.6 Å². The molecule has 8 heterocycles. The van der Waals surface area contributed by atoms with Crippen molar-refractivity contribution < 1.29 is 130 Å². The van der Waals surface area contributed by atoms with E-state index in [0.29, 0.717) is 30.6 Å². The van der Waals surface area contributed by atoms with Gasteiger partial charge in [-0.3, -0.25) is 9.59 Å². The van der Waals surface area contributed by atoms with Crippen LogP contribution >= 0.6 is 0 Å². The lowest BCUT2D eigenvalue weighted by Gasteiger charge is -2.59. The number of carbonyl (C=O) groups excluding carboxylic acids is 2. The second kappa shape index (κ2) is 29.9. The number of ether oxygens (including phenoxy) is 19. The fourth-order valence-corrected chi connectivity index (χ4v) is 19.0. The van der Waals surface area contributed by atoms with Gasteiger partial charge in [0.2, 0.25) is 12.1 Å². The molecule has 0 aromatic carbocycles. The molecule has 27 nitrogen and oxygen atoms in total. The maximum absolute atomic E-state index is 13.1. The molecule has 4 N–H and O–H groups in total. The molecule has 0 amide bonds. The molecular formula is C70H110O27. The second-order valence-electron chi connectivity index (χ2n) is 30.2. The third-order valence-corrected chi connectivity index (χ3v) is 24.3. The Morgan fingerprint density at radius 3 is 1.92 bits per heavy atom. The normalized spacial score (nSPS) is 51.4. The highest BCUT2D eigenvalue weighted by molar-refractivity contribution is 5.96. The van der Waals surface area contributed by atoms with Gasteiger partial charge >= 0.3 is 5.97 Å². The van der Waals surface area contributed by atoms with Crippen molar-refractivity contribution >= 4 is 11.8 Å². The van der Waals surface area contributed by atoms with Crippen molar-refractivity contribution in [3.05, 3.63) is 23.5 Å². The minimum Gasteiger partial charge on any atom is -0.493 e. The summed E-state index contributed by atoms with van der Waals surface area (Å²) in [6, 6.07) is 0. The smallest absolute Gasteiger partial charge is 0.303 e. The lowest BCUT2D eigenvalue weighted by Crippen LogP contribution is -2.62. The van der Waals surface area contributed by atoms with Crippen molar-refractivity contribution in [1.29, 1.82) is 0 Å². The molecule has 552 valence electrons. The average molecular weight is 1380 g/mol. The SMILES string of the molecule is COC1=C[C@@H](C)O[C@H](O[C@H]2CC[C@@]3(C)C(=CC[C@@H]4[C@@H]3CC[C@@]3(C)[C@H]4CC[C@]3(O)[C@H](C)O[C@@H]3C[C@H]4OC[C@]5(C[C@@H](OC)[C@H](O[C@H]6C[C@H](O)[C@H](O[C@H]7C[C@@H](O)[C@H](O[C@H]8C[C@H](OC)[C@H](O[C@@H]9O[C@H](C)[C@H](O)[C@H](OC)[C@H]9OC(C)=O)[C@@H](C)O8)[C@@H](C)O7)[C@@H](C)O6)[C@@H](C)O5)OO[C@@H]4[C@H](C)O3)C2)C1=O. The predicted molar refractivity (Wildman–Crippen MR) is 336 cm³/mol. The first-order valence-corrected chi connectivity index (χ1v) is 35.6. The Bertz CT molecular complexity index is 2740. The lowest BCUT2D eigenvalue weighted by molar-refractivity contribution is -0.472. The van der Waals surface area contributed by atoms with Gasteiger partial charge in [-0.15, -0.1) is 0 Å². The number of aliphatic hydroxyl groups excluding tert-OH is 3. The summed E-state index contributed by atoms with van der Waals surface area (Å²) in [7, 11) is 6.03. The van der Waals surface area contributed by atoms with E-state index in [1.54, 1.807) is 40.9 Å². The molecule has 8 aliphatic heterocycles. The van der Waals surface area contributed by atoms with E-state index in [2.05, 4.69) is 19.9 Å². The van der Waals surface area contributed by atoms with Gasteiger partial charge in [0.1, 0.15) is 49.3 Å². The van der Waals surface area contributed by atoms with E-state index in [4.69, 9.17) is 99.8 Å². The molecule has 27 heteroatoms. The van der Waals surface area contributed by atoms with Crippen LogP contribution < -0.4 is 0 Å². The third-order valence-electron chi connectivity index (χ3n) is 24.3. The molecule has 1 spiro atoms. The molecular weight excluding hydrogens is 1270 g/mol. The quantitative estimate of drug-likeness (QED) is 0.0756. The topological polar surface area (TPSA) is 309 Å². The van der Waals surface area contributed by atoms with Crippen LogP contribution in [0, 0.1) is 28.6 Å². The summed E-state index contributed by atoms with van der Waals surface area (Å²) in [6.45, 7) is 20.6. The number of esters is 1. The van der Waals surface area contributed by atoms with E-state index in [1.165, 1.54) is 33.8 Å². The fourth-order valence-electron chi connectivity index (χ4n) is 19.0. The maximum Gasteiger partial charge on any atom is 0.303 e. The van der Waals surface area contributed by atoms with Gasteiger partial charge in [-0.1, -0.05) is 25.5 Å². The first kappa shape index (κ1) is 74.2. The maximum atomic E-state index is 13.1. The first-order valence-electron chi connectivity index (χ1n) is 35.6. The van der Waals surface area contributed by atoms with Crippen LogP contribution in [0.25, 0.3) is 0 Å². The molecule has 12 rings (SSSR count). The van der Waals surface area contributed by atoms with Crippen molar-refractivity contribution in [2.75, 3.05) is 35.0 Å². The standard InChI is InChI=1S/C70H110O27/c1-32-24-48(77-12)57(75)65(82-32)90-42-18-21-67(10)41(25-42)16-17-43-44(67)19-22-68(11)45(43)20-23-70(68,76)39(8)88-54-29-50-62(37(6)86-54)96-97-69(31-81-50)30-51(79-14)61(38(7)95-69)93-53-27-47(73)58(34(3)84-53)91-52-26-46(72)59(35(4)83-52)92-55-28-49(78-13)60(36(5)85-55)94-66-64(89-40(9)71)63(80-15)56(74)33(2)87-66/h16,24,32-39,42-47,49-56,58-66,72-74,76H,17-23,25-31H2,1-15H3/t32-,33-,34-,35-,36-,37+,38-,39+,42+,43-,44+,45+,46-,47+,49+,50-,51-,52+,53+,54-,55+,56+,58-,59-,60-,61-,62-,63+,64-,65-,66+,67+,68+,69+,70+/m1/s1. The highest BCUT2D eigenvalue weighted by Crippen LogP contribution is 2.68. The van der Waals surface area contributed by atoms with Crippen molar-refractivity contribution in [3.8, 4) is 0 Å². The molecule has 12 aliphatic rings. The number of allylic oxidation sites excluding steroid dienone is 1. The highest BCUT2D eigenvalue weighted by atomic mass is 17.2. The van der Waals surface area contributed by atoms with Crippen LogP contribution in [0.2, 0.25) is 0 Å². The molecule has 0 aromatic rings. The minimum absolute atomic E-state index is 0.00706. The summed E-state index contributed by atoms with van der Waals surface area (Å²) < 4.78 is 118. The molecule has 7 saturated heterocycles. The summed E-state index contributed by atoms with van der Waals surface area (Å²) in [4.78, 5) is 37.6. The Balaban J connectivity index is 0.595. The van der Waals surface area contributed by atoms with Gasteiger partial charge in [0.25, 0.3) is 5.78 Å². The van der Waals surface area contributed by atoms with Gasteiger partial charge in [0.15, 0.2) is 43.3 Å². The van der Waals surface area contributed by atoms with Crippen molar-refractivity contribution in [3.63, 3.8) is 0 Å². The van der Waals surface area contributed by atoms with Crippen LogP contribution in [-0.4, -0.2) is 251 Å². The fraction of sp³-hybridized carbons (Fsp3) is 0.914. The Labute approximate surface area is 569 Å². The van der Waals surface area contributed by atoms with Crippen LogP contribution in [0.5, 0.6) is 0 Å². The lowest BCUT2D eigenvalue weighted by atomic mass is 9.46. The molecule has 35 atom stereocenters. The van der Waals surface area contributed by atoms with E-state index in [1.807, 2.05) is 27.7 Å². The van der Waals surface area contributed by atoms with E-state index in [9.17, 15) is 30.0 Å². The van der Waals surface area contributed by atoms with Crippen molar-refractivity contribution in [2.45, 2.75) is 343 Å². The molecule has 97 heavy (non-hydrogen) atoms. The van der Waals surface area contributed by atoms with E-state index >= 15 is 0 Å². The van der Waals surface area contributed by atoms with E-state index in [-0.39, 0.29) is 66.9 Å². The second-order valence-corrected chi connectivity index (χ2v) is 30.2. The summed E-state index contributed by atoms with van der Waals surface area (Å²) in [5.41, 5.74) is -0.0477. The molecule has 3 saturated carbocycles. The zero-order valence-electron chi connectivity index (χ0n) is 59.1. The van der Waals surface area contributed by atoms with Crippen molar-refractivity contribution in [1.82, 2.24) is 0 Å². The number of rotatable bonds is 18. The van der Waals surface area contributed by atoms with Gasteiger partial charge < -0.3 is 110 Å². The zero-order chi connectivity index (χ0) is 69.4. The third kappa shape index (κ3) is 14.6. The average Bonchev–Trinajstić information content (AvgIpc) is 1.63. The number of carbonyl (C=O) groups is 2. The summed E-state index contributed by atoms with van der Waals surface area (Å²) in [5.74, 6) is -0.760. The van der Waals surface area contributed by atoms with Gasteiger partial charge in [-0.2, -0.15) is 4.89 Å². The number of fused-ring (bicyclic) bond motifs is 6. The Hall–Kier alpha value is -2.50. The number of methoxy groups -OCH3 is 4. The monoisotopic (exact) mass is 1380 g/mol. The van der Waals surface area contributed by atoms with Crippen LogP contribution in [0.3, 0.4) is 0 Å². The summed E-state index contributed by atoms with van der Waals surface area (Å²) >= 11 is 0. The first-order chi connectivity index (χ1) is 46.1. The Morgan fingerprint density at radius 2 is 1.28 bits per heavy atom. The predicted octanol–water partition coefficient (Wildman–Crippen LogP) is 5.42. The van der Waals surface area contributed by atoms with E-state index in [0.717, 1.165) is 44.9 Å². The highest BCUT2D eigenvalue weighted by Gasteiger charge is 2.66. The Morgan fingerprint density at radius 1 is 0.649 bits per heavy atom. The molecule has 0 unspecified atom stereocenters. The van der Waals surface area contributed by atoms with Gasteiger partial charge in [0, 0.05) is 65.8 Å². The number of hydrogen-bond donors (Lipinski definition) is 4. The van der Waals surface area contributed by atoms with Crippen LogP contribution in [0.1, 0.15) is 160 Å². The number of hydrogen-bond acceptors (Lipinski definition) is 27. The molecule has 0 radical (unpaired) electrons. The van der Waals surface area contributed by atoms with Crippen LogP contribution in [0.4, 0.5) is 0 Å². The van der Waals surface area contributed by atoms with Gasteiger partial charge in [-0.05, 0) is 136 Å². The summed E-state index contributed by atoms with van der Waals surface area (Å²) in [6.07, 6.45) is -8.90. The largest absolute Gasteiger partial charge is 0.493 e. The Kier molecular flexibility index (Phi) is 22.9. The minimum atomic E-state index is -1.38. The zero-order valence-corrected chi connectivity index (χ0v) is 59.1. The van der Waals surface area contributed by atoms with Gasteiger partial charge in [0.05, 0.1) is 98.2 Å². The summed E-state index contributed by atoms with van der Waals surface area (Å²) in [5, 5.41) is 47.0.